The molecule has 8 heteroatoms. The molecule has 0 bridgehead atoms. The largest absolute Gasteiger partial charge is 0.380 e. The van der Waals surface area contributed by atoms with Gasteiger partial charge in [0.25, 0.3) is 0 Å². The smallest absolute Gasteiger partial charge is 0.300 e. The van der Waals surface area contributed by atoms with E-state index in [4.69, 9.17) is 0 Å². The first-order chi connectivity index (χ1) is 9.25. The molecule has 0 amide bonds. The summed E-state index contributed by atoms with van der Waals surface area (Å²) < 4.78 is 4.63. The number of nitrogens with one attached hydrogen (secondary N) is 2. The molecule has 0 radical (unpaired) electrons. The molecule has 2 N–H and O–H groups in total. The Bertz CT molecular complexity index is 605. The maximum Gasteiger partial charge on any atom is 0.300 e. The monoisotopic (exact) mass is 263 g/mol. The van der Waals surface area contributed by atoms with Crippen LogP contribution in [0.3, 0.4) is 0 Å². The number of benzene rings is 1. The Morgan fingerprint density at radius 2 is 2.05 bits per heavy atom. The summed E-state index contributed by atoms with van der Waals surface area (Å²) in [4.78, 5) is 10.4. The van der Waals surface area contributed by atoms with Gasteiger partial charge in [0.1, 0.15) is 0 Å². The van der Waals surface area contributed by atoms with Crippen molar-refractivity contribution in [3.05, 3.63) is 22.2 Å². The lowest BCUT2D eigenvalue weighted by Crippen LogP contribution is -2.35. The summed E-state index contributed by atoms with van der Waals surface area (Å²) in [6.07, 6.45) is 2.01. The van der Waals surface area contributed by atoms with Crippen LogP contribution in [0.2, 0.25) is 0 Å². The third kappa shape index (κ3) is 2.22. The second kappa shape index (κ2) is 4.81. The average molecular weight is 263 g/mol. The van der Waals surface area contributed by atoms with Crippen LogP contribution in [-0.4, -0.2) is 34.4 Å². The first-order valence-corrected chi connectivity index (χ1v) is 6.12. The number of non-ortho nitro benzene ring substituents is 1. The van der Waals surface area contributed by atoms with Crippen molar-refractivity contribution < 1.29 is 9.55 Å². The van der Waals surface area contributed by atoms with Crippen LogP contribution in [0.15, 0.2) is 16.8 Å². The van der Waals surface area contributed by atoms with Gasteiger partial charge in [-0.3, -0.25) is 10.1 Å². The summed E-state index contributed by atoms with van der Waals surface area (Å²) in [5.41, 5.74) is 1.23. The van der Waals surface area contributed by atoms with Crippen molar-refractivity contribution in [2.24, 2.45) is 0 Å². The van der Waals surface area contributed by atoms with E-state index < -0.39 is 4.92 Å². The summed E-state index contributed by atoms with van der Waals surface area (Å²) in [5.74, 6) is 0. The van der Waals surface area contributed by atoms with Gasteiger partial charge in [0.05, 0.1) is 10.6 Å². The normalized spacial score (nSPS) is 16.6. The number of anilines is 1. The van der Waals surface area contributed by atoms with E-state index in [1.165, 1.54) is 6.07 Å². The van der Waals surface area contributed by atoms with Gasteiger partial charge in [0, 0.05) is 12.1 Å². The zero-order valence-electron chi connectivity index (χ0n) is 10.1. The first-order valence-electron chi connectivity index (χ1n) is 6.12. The minimum Gasteiger partial charge on any atom is -0.380 e. The zero-order chi connectivity index (χ0) is 13.2. The van der Waals surface area contributed by atoms with Crippen LogP contribution in [-0.2, 0) is 0 Å². The standard InChI is InChI=1S/C11H13N5O3/c17-16(18)9-2-1-8(10-11(9)15-19-14-10)13-7-3-5-12-6-4-7/h1-2,7,12-13H,3-6H2. The maximum absolute atomic E-state index is 10.9. The molecule has 1 aromatic carbocycles. The van der Waals surface area contributed by atoms with Gasteiger partial charge in [0.15, 0.2) is 5.52 Å². The van der Waals surface area contributed by atoms with Crippen molar-refractivity contribution >= 4 is 22.4 Å². The van der Waals surface area contributed by atoms with Crippen LogP contribution in [0.5, 0.6) is 0 Å². The summed E-state index contributed by atoms with van der Waals surface area (Å²) >= 11 is 0. The fraction of sp³-hybridized carbons (Fsp3) is 0.455. The third-order valence-corrected chi connectivity index (χ3v) is 3.29. The highest BCUT2D eigenvalue weighted by Crippen LogP contribution is 2.29. The van der Waals surface area contributed by atoms with Crippen LogP contribution in [0, 0.1) is 10.1 Å². The van der Waals surface area contributed by atoms with Gasteiger partial charge >= 0.3 is 5.69 Å². The number of nitro benzene ring substituents is 1. The van der Waals surface area contributed by atoms with Gasteiger partial charge in [0.2, 0.25) is 5.52 Å². The molecule has 1 fully saturated rings. The Kier molecular flexibility index (Phi) is 3.00. The Labute approximate surface area is 108 Å². The Balaban J connectivity index is 1.93. The molecular formula is C11H13N5O3. The lowest BCUT2D eigenvalue weighted by molar-refractivity contribution is -0.383. The minimum absolute atomic E-state index is 0.0906. The molecule has 0 spiro atoms. The summed E-state index contributed by atoms with van der Waals surface area (Å²) in [5, 5.41) is 24.9. The SMILES string of the molecule is O=[N+]([O-])c1ccc(NC2CCNCC2)c2nonc12. The molecule has 3 rings (SSSR count). The number of nitrogens with zero attached hydrogens (tertiary/aromatic N) is 3. The highest BCUT2D eigenvalue weighted by atomic mass is 16.6. The third-order valence-electron chi connectivity index (χ3n) is 3.29. The highest BCUT2D eigenvalue weighted by Gasteiger charge is 2.21. The molecule has 8 nitrogen and oxygen atoms in total. The number of hydrogen-bond acceptors (Lipinski definition) is 7. The molecule has 100 valence electrons. The predicted octanol–water partition coefficient (Wildman–Crippen LogP) is 1.29. The molecule has 2 aromatic rings. The van der Waals surface area contributed by atoms with Crippen molar-refractivity contribution in [3.63, 3.8) is 0 Å². The Morgan fingerprint density at radius 1 is 1.32 bits per heavy atom. The van der Waals surface area contributed by atoms with Crippen LogP contribution < -0.4 is 10.6 Å². The molecule has 0 aliphatic carbocycles. The Hall–Kier alpha value is -2.22. The number of nitro groups is 1. The fourth-order valence-electron chi connectivity index (χ4n) is 2.30. The molecule has 19 heavy (non-hydrogen) atoms. The average Bonchev–Trinajstić information content (AvgIpc) is 2.89. The van der Waals surface area contributed by atoms with Gasteiger partial charge in [-0.25, -0.2) is 4.63 Å². The molecule has 0 unspecified atom stereocenters. The topological polar surface area (TPSA) is 106 Å². The lowest BCUT2D eigenvalue weighted by Gasteiger charge is -2.24. The quantitative estimate of drug-likeness (QED) is 0.634. The van der Waals surface area contributed by atoms with Crippen LogP contribution in [0.1, 0.15) is 12.8 Å². The molecule has 1 aliphatic rings. The number of fused-ring (bicyclic) bond motifs is 1. The molecule has 1 aromatic heterocycles. The summed E-state index contributed by atoms with van der Waals surface area (Å²) in [6, 6.07) is 3.42. The van der Waals surface area contributed by atoms with Crippen molar-refractivity contribution in [1.82, 2.24) is 15.6 Å². The molecule has 2 heterocycles. The fourth-order valence-corrected chi connectivity index (χ4v) is 2.30. The van der Waals surface area contributed by atoms with Crippen LogP contribution in [0.4, 0.5) is 11.4 Å². The number of hydrogen-bond donors (Lipinski definition) is 2. The van der Waals surface area contributed by atoms with E-state index in [9.17, 15) is 10.1 Å². The second-order valence-corrected chi connectivity index (χ2v) is 4.52. The van der Waals surface area contributed by atoms with E-state index in [1.807, 2.05) is 0 Å². The van der Waals surface area contributed by atoms with E-state index in [2.05, 4.69) is 25.6 Å². The maximum atomic E-state index is 10.9. The van der Waals surface area contributed by atoms with E-state index in [-0.39, 0.29) is 11.2 Å². The summed E-state index contributed by atoms with van der Waals surface area (Å²) in [7, 11) is 0. The zero-order valence-corrected chi connectivity index (χ0v) is 10.1. The predicted molar refractivity (Wildman–Crippen MR) is 68.0 cm³/mol. The second-order valence-electron chi connectivity index (χ2n) is 4.52. The first kappa shape index (κ1) is 11.8. The van der Waals surface area contributed by atoms with Gasteiger partial charge in [-0.15, -0.1) is 0 Å². The van der Waals surface area contributed by atoms with Crippen LogP contribution in [0.25, 0.3) is 11.0 Å². The van der Waals surface area contributed by atoms with Gasteiger partial charge < -0.3 is 10.6 Å². The molecule has 1 aliphatic heterocycles. The van der Waals surface area contributed by atoms with E-state index in [0.29, 0.717) is 11.6 Å². The van der Waals surface area contributed by atoms with Crippen molar-refractivity contribution in [2.45, 2.75) is 18.9 Å². The van der Waals surface area contributed by atoms with Crippen molar-refractivity contribution in [2.75, 3.05) is 18.4 Å². The molecule has 0 saturated carbocycles. The van der Waals surface area contributed by atoms with Crippen molar-refractivity contribution in [3.8, 4) is 0 Å². The summed E-state index contributed by atoms with van der Waals surface area (Å²) in [6.45, 7) is 1.93. The number of rotatable bonds is 3. The van der Waals surface area contributed by atoms with E-state index >= 15 is 0 Å². The van der Waals surface area contributed by atoms with Crippen molar-refractivity contribution in [1.29, 1.82) is 0 Å². The van der Waals surface area contributed by atoms with Gasteiger partial charge in [-0.05, 0) is 42.3 Å². The lowest BCUT2D eigenvalue weighted by atomic mass is 10.1. The number of piperidine rings is 1. The van der Waals surface area contributed by atoms with E-state index in [1.54, 1.807) is 6.07 Å². The molecule has 1 saturated heterocycles. The molecular weight excluding hydrogens is 250 g/mol. The molecule has 0 atom stereocenters. The van der Waals surface area contributed by atoms with Crippen LogP contribution >= 0.6 is 0 Å². The number of aromatic nitrogens is 2. The van der Waals surface area contributed by atoms with Gasteiger partial charge in [-0.1, -0.05) is 0 Å². The van der Waals surface area contributed by atoms with Gasteiger partial charge in [-0.2, -0.15) is 0 Å². The van der Waals surface area contributed by atoms with E-state index in [0.717, 1.165) is 31.6 Å². The minimum atomic E-state index is -0.485. The highest BCUT2D eigenvalue weighted by molar-refractivity contribution is 5.93. The Morgan fingerprint density at radius 3 is 2.79 bits per heavy atom.